The van der Waals surface area contributed by atoms with Crippen molar-refractivity contribution in [3.8, 4) is 5.69 Å². The first-order valence-electron chi connectivity index (χ1n) is 6.88. The lowest BCUT2D eigenvalue weighted by Crippen LogP contribution is -2.51. The first kappa shape index (κ1) is 15.5. The van der Waals surface area contributed by atoms with Crippen LogP contribution >= 0.6 is 12.4 Å². The minimum Gasteiger partial charge on any atom is -0.334 e. The Bertz CT molecular complexity index is 599. The van der Waals surface area contributed by atoms with E-state index in [1.807, 2.05) is 41.4 Å². The van der Waals surface area contributed by atoms with Crippen LogP contribution in [0.1, 0.15) is 17.4 Å². The molecule has 0 aliphatic carbocycles. The molecule has 1 aromatic carbocycles. The van der Waals surface area contributed by atoms with Gasteiger partial charge in [-0.3, -0.25) is 4.79 Å². The Morgan fingerprint density at radius 2 is 2.05 bits per heavy atom. The molecule has 1 aromatic heterocycles. The standard InChI is InChI=1S/C15H18N4O.ClH/c1-12-11-18(10-8-16-12)15(20)14-7-9-19(17-14)13-5-3-2-4-6-13;/h2-7,9,12,16H,8,10-11H2,1H3;1H. The van der Waals surface area contributed by atoms with Crippen molar-refractivity contribution in [3.63, 3.8) is 0 Å². The molecule has 1 atom stereocenters. The van der Waals surface area contributed by atoms with Gasteiger partial charge in [0.1, 0.15) is 0 Å². The Kier molecular flexibility index (Phi) is 4.98. The Morgan fingerprint density at radius 1 is 1.29 bits per heavy atom. The second-order valence-electron chi connectivity index (χ2n) is 5.09. The molecule has 1 saturated heterocycles. The van der Waals surface area contributed by atoms with Crippen LogP contribution in [-0.2, 0) is 0 Å². The van der Waals surface area contributed by atoms with Gasteiger partial charge in [-0.15, -0.1) is 12.4 Å². The summed E-state index contributed by atoms with van der Waals surface area (Å²) < 4.78 is 1.73. The van der Waals surface area contributed by atoms with E-state index in [1.54, 1.807) is 10.7 Å². The van der Waals surface area contributed by atoms with Gasteiger partial charge in [-0.25, -0.2) is 4.68 Å². The van der Waals surface area contributed by atoms with Gasteiger partial charge in [0.15, 0.2) is 5.69 Å². The number of halogens is 1. The number of para-hydroxylation sites is 1. The molecule has 2 aromatic rings. The number of piperazine rings is 1. The van der Waals surface area contributed by atoms with E-state index in [0.717, 1.165) is 25.3 Å². The van der Waals surface area contributed by atoms with Crippen LogP contribution in [0.5, 0.6) is 0 Å². The number of carbonyl (C=O) groups is 1. The third-order valence-corrected chi connectivity index (χ3v) is 3.48. The second-order valence-corrected chi connectivity index (χ2v) is 5.09. The third kappa shape index (κ3) is 3.43. The summed E-state index contributed by atoms with van der Waals surface area (Å²) in [5.41, 5.74) is 1.46. The molecule has 0 radical (unpaired) electrons. The van der Waals surface area contributed by atoms with E-state index in [1.165, 1.54) is 0 Å². The highest BCUT2D eigenvalue weighted by molar-refractivity contribution is 5.92. The predicted octanol–water partition coefficient (Wildman–Crippen LogP) is 1.73. The second kappa shape index (κ2) is 6.74. The lowest BCUT2D eigenvalue weighted by atomic mass is 10.2. The number of aromatic nitrogens is 2. The molecule has 1 N–H and O–H groups in total. The van der Waals surface area contributed by atoms with Gasteiger partial charge in [-0.2, -0.15) is 5.10 Å². The maximum atomic E-state index is 12.4. The van der Waals surface area contributed by atoms with Gasteiger partial charge < -0.3 is 10.2 Å². The summed E-state index contributed by atoms with van der Waals surface area (Å²) >= 11 is 0. The summed E-state index contributed by atoms with van der Waals surface area (Å²) in [5, 5.41) is 7.72. The van der Waals surface area contributed by atoms with Crippen LogP contribution in [0.4, 0.5) is 0 Å². The lowest BCUT2D eigenvalue weighted by Gasteiger charge is -2.31. The minimum atomic E-state index is 0. The molecule has 1 aliphatic heterocycles. The average Bonchev–Trinajstić information content (AvgIpc) is 2.97. The topological polar surface area (TPSA) is 50.2 Å². The molecule has 1 fully saturated rings. The number of amides is 1. The van der Waals surface area contributed by atoms with Crippen molar-refractivity contribution in [3.05, 3.63) is 48.3 Å². The van der Waals surface area contributed by atoms with E-state index in [0.29, 0.717) is 11.7 Å². The molecule has 1 unspecified atom stereocenters. The van der Waals surface area contributed by atoms with E-state index in [4.69, 9.17) is 0 Å². The van der Waals surface area contributed by atoms with Crippen LogP contribution in [-0.4, -0.2) is 46.3 Å². The van der Waals surface area contributed by atoms with E-state index < -0.39 is 0 Å². The number of rotatable bonds is 2. The maximum absolute atomic E-state index is 12.4. The van der Waals surface area contributed by atoms with Crippen LogP contribution in [0, 0.1) is 0 Å². The van der Waals surface area contributed by atoms with E-state index in [-0.39, 0.29) is 18.3 Å². The van der Waals surface area contributed by atoms with Crippen LogP contribution in [0.3, 0.4) is 0 Å². The van der Waals surface area contributed by atoms with Crippen molar-refractivity contribution in [1.82, 2.24) is 20.0 Å². The van der Waals surface area contributed by atoms with Gasteiger partial charge in [0.2, 0.25) is 0 Å². The first-order valence-corrected chi connectivity index (χ1v) is 6.88. The Labute approximate surface area is 130 Å². The molecule has 0 bridgehead atoms. The first-order chi connectivity index (χ1) is 9.74. The normalized spacial score (nSPS) is 18.1. The number of hydrogen-bond acceptors (Lipinski definition) is 3. The largest absolute Gasteiger partial charge is 0.334 e. The van der Waals surface area contributed by atoms with Gasteiger partial charge in [0.05, 0.1) is 5.69 Å². The highest BCUT2D eigenvalue weighted by Gasteiger charge is 2.23. The van der Waals surface area contributed by atoms with Crippen molar-refractivity contribution >= 4 is 18.3 Å². The van der Waals surface area contributed by atoms with Gasteiger partial charge in [-0.1, -0.05) is 18.2 Å². The number of nitrogens with one attached hydrogen (secondary N) is 1. The zero-order chi connectivity index (χ0) is 13.9. The molecular weight excluding hydrogens is 288 g/mol. The molecule has 21 heavy (non-hydrogen) atoms. The molecule has 3 rings (SSSR count). The summed E-state index contributed by atoms with van der Waals surface area (Å²) in [6, 6.07) is 11.9. The summed E-state index contributed by atoms with van der Waals surface area (Å²) in [7, 11) is 0. The smallest absolute Gasteiger partial charge is 0.274 e. The summed E-state index contributed by atoms with van der Waals surface area (Å²) in [6.07, 6.45) is 1.83. The summed E-state index contributed by atoms with van der Waals surface area (Å²) in [6.45, 7) is 4.40. The van der Waals surface area contributed by atoms with E-state index in [2.05, 4.69) is 17.3 Å². The quantitative estimate of drug-likeness (QED) is 0.919. The highest BCUT2D eigenvalue weighted by Crippen LogP contribution is 2.10. The van der Waals surface area contributed by atoms with Crippen LogP contribution in [0.2, 0.25) is 0 Å². The molecule has 5 nitrogen and oxygen atoms in total. The Balaban J connectivity index is 0.00000161. The zero-order valence-corrected chi connectivity index (χ0v) is 12.7. The molecule has 112 valence electrons. The fourth-order valence-electron chi connectivity index (χ4n) is 2.44. The lowest BCUT2D eigenvalue weighted by molar-refractivity contribution is 0.0702. The molecular formula is C15H19ClN4O. The molecule has 1 aliphatic rings. The molecule has 0 saturated carbocycles. The van der Waals surface area contributed by atoms with Gasteiger partial charge in [-0.05, 0) is 25.1 Å². The van der Waals surface area contributed by atoms with Crippen molar-refractivity contribution in [2.75, 3.05) is 19.6 Å². The fourth-order valence-corrected chi connectivity index (χ4v) is 2.44. The molecule has 0 spiro atoms. The van der Waals surface area contributed by atoms with Crippen molar-refractivity contribution < 1.29 is 4.79 Å². The van der Waals surface area contributed by atoms with Crippen molar-refractivity contribution in [2.45, 2.75) is 13.0 Å². The van der Waals surface area contributed by atoms with Crippen LogP contribution in [0.25, 0.3) is 5.69 Å². The maximum Gasteiger partial charge on any atom is 0.274 e. The average molecular weight is 307 g/mol. The monoisotopic (exact) mass is 306 g/mol. The summed E-state index contributed by atoms with van der Waals surface area (Å²) in [5.74, 6) is 0.00744. The van der Waals surface area contributed by atoms with E-state index >= 15 is 0 Å². The Morgan fingerprint density at radius 3 is 2.76 bits per heavy atom. The van der Waals surface area contributed by atoms with Crippen molar-refractivity contribution in [1.29, 1.82) is 0 Å². The van der Waals surface area contributed by atoms with Gasteiger partial charge >= 0.3 is 0 Å². The van der Waals surface area contributed by atoms with Gasteiger partial charge in [0, 0.05) is 31.9 Å². The predicted molar refractivity (Wildman–Crippen MR) is 84.2 cm³/mol. The molecule has 2 heterocycles. The Hall–Kier alpha value is -1.85. The van der Waals surface area contributed by atoms with Gasteiger partial charge in [0.25, 0.3) is 5.91 Å². The molecule has 1 amide bonds. The number of benzene rings is 1. The van der Waals surface area contributed by atoms with Crippen LogP contribution < -0.4 is 5.32 Å². The number of hydrogen-bond donors (Lipinski definition) is 1. The number of nitrogens with zero attached hydrogens (tertiary/aromatic N) is 3. The molecule has 6 heteroatoms. The summed E-state index contributed by atoms with van der Waals surface area (Å²) in [4.78, 5) is 14.3. The number of carbonyl (C=O) groups excluding carboxylic acids is 1. The third-order valence-electron chi connectivity index (χ3n) is 3.48. The van der Waals surface area contributed by atoms with Crippen LogP contribution in [0.15, 0.2) is 42.6 Å². The van der Waals surface area contributed by atoms with E-state index in [9.17, 15) is 4.79 Å². The zero-order valence-electron chi connectivity index (χ0n) is 11.9. The fraction of sp³-hybridized carbons (Fsp3) is 0.333. The minimum absolute atomic E-state index is 0. The highest BCUT2D eigenvalue weighted by atomic mass is 35.5. The van der Waals surface area contributed by atoms with Crippen molar-refractivity contribution in [2.24, 2.45) is 0 Å². The SMILES string of the molecule is CC1CN(C(=O)c2ccn(-c3ccccc3)n2)CCN1.Cl.